The summed E-state index contributed by atoms with van der Waals surface area (Å²) in [5.41, 5.74) is 3.97. The smallest absolute Gasteiger partial charge is 0.240 e. The molecule has 0 radical (unpaired) electrons. The van der Waals surface area contributed by atoms with E-state index in [1.807, 2.05) is 68.4 Å². The highest BCUT2D eigenvalue weighted by Gasteiger charge is 2.32. The Labute approximate surface area is 190 Å². The van der Waals surface area contributed by atoms with Crippen LogP contribution in [0.1, 0.15) is 23.3 Å². The zero-order chi connectivity index (χ0) is 22.5. The van der Waals surface area contributed by atoms with Crippen molar-refractivity contribution in [2.24, 2.45) is 10.2 Å². The Kier molecular flexibility index (Phi) is 6.51. The van der Waals surface area contributed by atoms with Crippen molar-refractivity contribution in [2.75, 3.05) is 5.32 Å². The summed E-state index contributed by atoms with van der Waals surface area (Å²) >= 11 is 1.18. The van der Waals surface area contributed by atoms with Gasteiger partial charge >= 0.3 is 0 Å². The lowest BCUT2D eigenvalue weighted by Gasteiger charge is -2.07. The summed E-state index contributed by atoms with van der Waals surface area (Å²) in [5.74, 6) is 0.795. The number of rotatable bonds is 6. The van der Waals surface area contributed by atoms with Crippen LogP contribution in [-0.4, -0.2) is 28.4 Å². The number of carbonyl (C=O) groups excluding carboxylic acids is 2. The summed E-state index contributed by atoms with van der Waals surface area (Å²) in [7, 11) is 0. The molecule has 1 saturated heterocycles. The van der Waals surface area contributed by atoms with Crippen molar-refractivity contribution in [1.29, 1.82) is 0 Å². The lowest BCUT2D eigenvalue weighted by atomic mass is 10.1. The first kappa shape index (κ1) is 21.6. The molecule has 0 saturated carbocycles. The predicted octanol–water partition coefficient (Wildman–Crippen LogP) is 4.51. The molecule has 1 fully saturated rings. The van der Waals surface area contributed by atoms with Gasteiger partial charge in [0.1, 0.15) is 16.8 Å². The van der Waals surface area contributed by atoms with E-state index in [-0.39, 0.29) is 18.2 Å². The Hall–Kier alpha value is -3.65. The number of amides is 2. The maximum absolute atomic E-state index is 12.3. The molecule has 0 bridgehead atoms. The third-order valence-electron chi connectivity index (χ3n) is 4.78. The number of carbonyl (C=O) groups is 2. The number of benzene rings is 2. The molecule has 1 atom stereocenters. The molecule has 2 heterocycles. The monoisotopic (exact) mass is 446 g/mol. The molecule has 32 heavy (non-hydrogen) atoms. The number of nitrogens with zero attached hydrogens (tertiary/aromatic N) is 2. The fraction of sp³-hybridized carbons (Fsp3) is 0.167. The Morgan fingerprint density at radius 3 is 2.47 bits per heavy atom. The molecule has 1 aromatic heterocycles. The van der Waals surface area contributed by atoms with Crippen LogP contribution in [0.5, 0.6) is 0 Å². The van der Waals surface area contributed by atoms with E-state index in [1.54, 1.807) is 6.07 Å². The van der Waals surface area contributed by atoms with Gasteiger partial charge in [-0.3, -0.25) is 9.59 Å². The third kappa shape index (κ3) is 5.53. The number of nitrogens with one attached hydrogen (secondary N) is 2. The van der Waals surface area contributed by atoms with Gasteiger partial charge in [-0.1, -0.05) is 59.3 Å². The van der Waals surface area contributed by atoms with Crippen LogP contribution in [0.2, 0.25) is 0 Å². The van der Waals surface area contributed by atoms with Crippen LogP contribution in [0, 0.1) is 13.8 Å². The van der Waals surface area contributed by atoms with E-state index >= 15 is 0 Å². The first-order valence-electron chi connectivity index (χ1n) is 10.1. The van der Waals surface area contributed by atoms with Crippen molar-refractivity contribution in [1.82, 2.24) is 5.32 Å². The largest absolute Gasteiger partial charge is 0.455 e. The molecule has 1 unspecified atom stereocenters. The number of anilines is 1. The van der Waals surface area contributed by atoms with E-state index in [1.165, 1.54) is 23.5 Å². The molecule has 0 spiro atoms. The Bertz CT molecular complexity index is 1180. The molecule has 4 rings (SSSR count). The van der Waals surface area contributed by atoms with Crippen molar-refractivity contribution in [2.45, 2.75) is 25.5 Å². The van der Waals surface area contributed by atoms with Gasteiger partial charge in [-0.15, -0.1) is 5.10 Å². The maximum Gasteiger partial charge on any atom is 0.240 e. The minimum absolute atomic E-state index is 0.0468. The fourth-order valence-electron chi connectivity index (χ4n) is 3.04. The van der Waals surface area contributed by atoms with Gasteiger partial charge in [-0.05, 0) is 38.1 Å². The first-order valence-corrected chi connectivity index (χ1v) is 11.0. The topological polar surface area (TPSA) is 96.1 Å². The van der Waals surface area contributed by atoms with Gasteiger partial charge in [-0.25, -0.2) is 0 Å². The van der Waals surface area contributed by atoms with Crippen molar-refractivity contribution in [3.05, 3.63) is 77.6 Å². The second-order valence-electron chi connectivity index (χ2n) is 7.43. The number of amidine groups is 1. The Balaban J connectivity index is 1.32. The van der Waals surface area contributed by atoms with Gasteiger partial charge in [0.15, 0.2) is 5.17 Å². The quantitative estimate of drug-likeness (QED) is 0.430. The van der Waals surface area contributed by atoms with Crippen molar-refractivity contribution < 1.29 is 14.0 Å². The van der Waals surface area contributed by atoms with Crippen LogP contribution in [0.15, 0.2) is 75.3 Å². The lowest BCUT2D eigenvalue weighted by Crippen LogP contribution is -2.28. The van der Waals surface area contributed by atoms with Gasteiger partial charge in [0, 0.05) is 17.7 Å². The molecular weight excluding hydrogens is 424 g/mol. The Morgan fingerprint density at radius 1 is 1.06 bits per heavy atom. The number of hydrogen-bond acceptors (Lipinski definition) is 6. The molecule has 7 nitrogen and oxygen atoms in total. The minimum Gasteiger partial charge on any atom is -0.455 e. The van der Waals surface area contributed by atoms with Gasteiger partial charge < -0.3 is 15.1 Å². The number of hydrogen-bond donors (Lipinski definition) is 2. The summed E-state index contributed by atoms with van der Waals surface area (Å²) in [6.07, 6.45) is 1.53. The lowest BCUT2D eigenvalue weighted by molar-refractivity contribution is -0.122. The number of thioether (sulfide) groups is 1. The molecule has 2 N–H and O–H groups in total. The van der Waals surface area contributed by atoms with Crippen LogP contribution >= 0.6 is 11.8 Å². The second kappa shape index (κ2) is 9.65. The van der Waals surface area contributed by atoms with Crippen molar-refractivity contribution in [3.8, 4) is 11.3 Å². The van der Waals surface area contributed by atoms with Gasteiger partial charge in [0.05, 0.1) is 6.21 Å². The van der Waals surface area contributed by atoms with E-state index in [4.69, 9.17) is 4.42 Å². The summed E-state index contributed by atoms with van der Waals surface area (Å²) in [5, 5.41) is 13.3. The highest BCUT2D eigenvalue weighted by molar-refractivity contribution is 8.15. The average Bonchev–Trinajstić information content (AvgIpc) is 3.37. The standard InChI is InChI=1S/C24H22N4O3S/c1-15-3-7-17(8-4-15)20-12-11-19(31-20)14-25-28-24-27-23(30)21(32-24)13-22(29)26-18-9-5-16(2)6-10-18/h3-12,14,21H,13H2,1-2H3,(H,26,29)(H,27,28,30)/b25-14+. The molecule has 162 valence electrons. The first-order chi connectivity index (χ1) is 15.5. The Morgan fingerprint density at radius 2 is 1.75 bits per heavy atom. The fourth-order valence-corrected chi connectivity index (χ4v) is 3.96. The average molecular weight is 447 g/mol. The van der Waals surface area contributed by atoms with Crippen molar-refractivity contribution >= 4 is 40.6 Å². The minimum atomic E-state index is -0.550. The van der Waals surface area contributed by atoms with Gasteiger partial charge in [0.25, 0.3) is 0 Å². The van der Waals surface area contributed by atoms with E-state index < -0.39 is 5.25 Å². The highest BCUT2D eigenvalue weighted by atomic mass is 32.2. The van der Waals surface area contributed by atoms with Crippen LogP contribution in [0.4, 0.5) is 5.69 Å². The van der Waals surface area contributed by atoms with Gasteiger partial charge in [0.2, 0.25) is 11.8 Å². The third-order valence-corrected chi connectivity index (χ3v) is 5.85. The van der Waals surface area contributed by atoms with E-state index in [2.05, 4.69) is 20.8 Å². The molecular formula is C24H22N4O3S. The van der Waals surface area contributed by atoms with E-state index in [9.17, 15) is 9.59 Å². The summed E-state index contributed by atoms with van der Waals surface area (Å²) < 4.78 is 5.77. The molecule has 8 heteroatoms. The highest BCUT2D eigenvalue weighted by Crippen LogP contribution is 2.24. The van der Waals surface area contributed by atoms with Crippen LogP contribution in [0.25, 0.3) is 11.3 Å². The zero-order valence-corrected chi connectivity index (χ0v) is 18.5. The molecule has 1 aliphatic rings. The van der Waals surface area contributed by atoms with Crippen LogP contribution in [0.3, 0.4) is 0 Å². The van der Waals surface area contributed by atoms with Crippen LogP contribution in [-0.2, 0) is 9.59 Å². The predicted molar refractivity (Wildman–Crippen MR) is 128 cm³/mol. The number of furan rings is 1. The molecule has 2 aromatic carbocycles. The molecule has 2 amide bonds. The summed E-state index contributed by atoms with van der Waals surface area (Å²) in [6.45, 7) is 4.01. The van der Waals surface area contributed by atoms with Gasteiger partial charge in [-0.2, -0.15) is 5.10 Å². The van der Waals surface area contributed by atoms with Crippen LogP contribution < -0.4 is 10.6 Å². The van der Waals surface area contributed by atoms with E-state index in [0.29, 0.717) is 16.6 Å². The summed E-state index contributed by atoms with van der Waals surface area (Å²) in [6, 6.07) is 19.2. The zero-order valence-electron chi connectivity index (χ0n) is 17.7. The molecule has 0 aliphatic carbocycles. The van der Waals surface area contributed by atoms with E-state index in [0.717, 1.165) is 16.9 Å². The number of aryl methyl sites for hydroxylation is 2. The maximum atomic E-state index is 12.3. The van der Waals surface area contributed by atoms with Crippen molar-refractivity contribution in [3.63, 3.8) is 0 Å². The summed E-state index contributed by atoms with van der Waals surface area (Å²) in [4.78, 5) is 24.4. The second-order valence-corrected chi connectivity index (χ2v) is 8.62. The molecule has 1 aliphatic heterocycles. The normalized spacial score (nSPS) is 17.1. The molecule has 3 aromatic rings. The SMILES string of the molecule is Cc1ccc(NC(=O)CC2S/C(=N/N=C/c3ccc(-c4ccc(C)cc4)o3)NC2=O)cc1.